The Morgan fingerprint density at radius 1 is 1.38 bits per heavy atom. The number of benzene rings is 1. The van der Waals surface area contributed by atoms with Gasteiger partial charge in [-0.3, -0.25) is 4.79 Å². The molecule has 1 aliphatic heterocycles. The van der Waals surface area contributed by atoms with Gasteiger partial charge in [-0.25, -0.2) is 0 Å². The fraction of sp³-hybridized carbons (Fsp3) is 0.300. The maximum absolute atomic E-state index is 11.5. The second-order valence-corrected chi connectivity index (χ2v) is 3.77. The largest absolute Gasteiger partial charge is 0.508 e. The Kier molecular flexibility index (Phi) is 0.998. The van der Waals surface area contributed by atoms with Gasteiger partial charge in [-0.05, 0) is 36.6 Å². The van der Waals surface area contributed by atoms with Crippen LogP contribution in [0.5, 0.6) is 5.75 Å². The minimum absolute atomic E-state index is 0.0908. The molecule has 1 heterocycles. The maximum atomic E-state index is 11.5. The molecule has 0 bridgehead atoms. The summed E-state index contributed by atoms with van der Waals surface area (Å²) in [5.74, 6) is 0.328. The van der Waals surface area contributed by atoms with Crippen LogP contribution in [0.2, 0.25) is 0 Å². The first-order valence-corrected chi connectivity index (χ1v) is 4.37. The van der Waals surface area contributed by atoms with Crippen LogP contribution in [0.4, 0.5) is 5.69 Å². The first kappa shape index (κ1) is 6.95. The third kappa shape index (κ3) is 0.716. The standard InChI is InChI=1S/C10H9NO2/c12-6-1-2-8-7(5-6)10(3-4-10)9(13)11-8/h1-2,5,12H,3-4H2,(H,11,13). The number of phenols is 1. The van der Waals surface area contributed by atoms with E-state index in [4.69, 9.17) is 0 Å². The minimum atomic E-state index is -0.284. The minimum Gasteiger partial charge on any atom is -0.508 e. The maximum Gasteiger partial charge on any atom is 0.235 e. The van der Waals surface area contributed by atoms with Crippen molar-refractivity contribution in [1.82, 2.24) is 0 Å². The fourth-order valence-electron chi connectivity index (χ4n) is 2.02. The van der Waals surface area contributed by atoms with Gasteiger partial charge in [-0.2, -0.15) is 0 Å². The number of phenolic OH excluding ortho intramolecular Hbond substituents is 1. The number of hydrogen-bond donors (Lipinski definition) is 2. The highest BCUT2D eigenvalue weighted by atomic mass is 16.3. The van der Waals surface area contributed by atoms with E-state index >= 15 is 0 Å². The van der Waals surface area contributed by atoms with Gasteiger partial charge in [0.15, 0.2) is 0 Å². The highest BCUT2D eigenvalue weighted by Crippen LogP contribution is 2.55. The molecule has 0 aromatic heterocycles. The Bertz CT molecular complexity index is 407. The van der Waals surface area contributed by atoms with Crippen LogP contribution in [0, 0.1) is 0 Å². The highest BCUT2D eigenvalue weighted by molar-refractivity contribution is 6.08. The molecule has 1 aliphatic carbocycles. The number of fused-ring (bicyclic) bond motifs is 2. The predicted octanol–water partition coefficient (Wildman–Crippen LogP) is 1.38. The van der Waals surface area contributed by atoms with Crippen LogP contribution in [0.3, 0.4) is 0 Å². The zero-order valence-electron chi connectivity index (χ0n) is 7.00. The molecule has 3 rings (SSSR count). The van der Waals surface area contributed by atoms with E-state index in [1.807, 2.05) is 0 Å². The van der Waals surface area contributed by atoms with Crippen LogP contribution in [-0.2, 0) is 10.2 Å². The molecule has 1 fully saturated rings. The molecule has 1 amide bonds. The molecular weight excluding hydrogens is 166 g/mol. The smallest absolute Gasteiger partial charge is 0.235 e. The van der Waals surface area contributed by atoms with Gasteiger partial charge in [0.2, 0.25) is 5.91 Å². The van der Waals surface area contributed by atoms with Gasteiger partial charge in [-0.15, -0.1) is 0 Å². The number of carbonyl (C=O) groups excluding carboxylic acids is 1. The number of anilines is 1. The van der Waals surface area contributed by atoms with Crippen molar-refractivity contribution in [3.63, 3.8) is 0 Å². The third-order valence-corrected chi connectivity index (χ3v) is 2.95. The number of nitrogens with one attached hydrogen (secondary N) is 1. The summed E-state index contributed by atoms with van der Waals surface area (Å²) < 4.78 is 0. The number of hydrogen-bond acceptors (Lipinski definition) is 2. The molecule has 1 spiro atoms. The van der Waals surface area contributed by atoms with Crippen LogP contribution < -0.4 is 5.32 Å². The SMILES string of the molecule is O=C1Nc2ccc(O)cc2C12CC2. The van der Waals surface area contributed by atoms with Crippen molar-refractivity contribution >= 4 is 11.6 Å². The summed E-state index contributed by atoms with van der Waals surface area (Å²) >= 11 is 0. The first-order valence-electron chi connectivity index (χ1n) is 4.37. The first-order chi connectivity index (χ1) is 6.22. The van der Waals surface area contributed by atoms with Crippen molar-refractivity contribution in [2.24, 2.45) is 0 Å². The van der Waals surface area contributed by atoms with Crippen LogP contribution in [-0.4, -0.2) is 11.0 Å². The molecule has 1 saturated carbocycles. The van der Waals surface area contributed by atoms with Crippen LogP contribution in [0.1, 0.15) is 18.4 Å². The van der Waals surface area contributed by atoms with Gasteiger partial charge >= 0.3 is 0 Å². The van der Waals surface area contributed by atoms with Crippen molar-refractivity contribution in [3.8, 4) is 5.75 Å². The Morgan fingerprint density at radius 2 is 2.15 bits per heavy atom. The van der Waals surface area contributed by atoms with E-state index in [-0.39, 0.29) is 17.1 Å². The van der Waals surface area contributed by atoms with Crippen molar-refractivity contribution in [2.75, 3.05) is 5.32 Å². The van der Waals surface area contributed by atoms with E-state index in [0.29, 0.717) is 0 Å². The van der Waals surface area contributed by atoms with Gasteiger partial charge in [0.25, 0.3) is 0 Å². The summed E-state index contributed by atoms with van der Waals surface area (Å²) in [7, 11) is 0. The Balaban J connectivity index is 2.24. The van der Waals surface area contributed by atoms with Gasteiger partial charge in [-0.1, -0.05) is 0 Å². The van der Waals surface area contributed by atoms with E-state index in [9.17, 15) is 9.90 Å². The summed E-state index contributed by atoms with van der Waals surface area (Å²) in [5, 5.41) is 12.1. The van der Waals surface area contributed by atoms with E-state index in [1.54, 1.807) is 18.2 Å². The molecule has 1 aromatic rings. The molecule has 66 valence electrons. The molecule has 2 aliphatic rings. The fourth-order valence-corrected chi connectivity index (χ4v) is 2.02. The monoisotopic (exact) mass is 175 g/mol. The molecule has 3 nitrogen and oxygen atoms in total. The van der Waals surface area contributed by atoms with E-state index in [2.05, 4.69) is 5.32 Å². The molecule has 3 heteroatoms. The lowest BCUT2D eigenvalue weighted by atomic mass is 9.98. The van der Waals surface area contributed by atoms with Gasteiger partial charge < -0.3 is 10.4 Å². The van der Waals surface area contributed by atoms with Crippen molar-refractivity contribution in [2.45, 2.75) is 18.3 Å². The van der Waals surface area contributed by atoms with Gasteiger partial charge in [0.05, 0.1) is 5.41 Å². The zero-order chi connectivity index (χ0) is 9.05. The molecule has 0 saturated heterocycles. The molecule has 13 heavy (non-hydrogen) atoms. The Labute approximate surface area is 75.4 Å². The summed E-state index contributed by atoms with van der Waals surface area (Å²) in [6.07, 6.45) is 1.82. The highest BCUT2D eigenvalue weighted by Gasteiger charge is 2.56. The van der Waals surface area contributed by atoms with Crippen LogP contribution in [0.15, 0.2) is 18.2 Å². The van der Waals surface area contributed by atoms with Crippen LogP contribution >= 0.6 is 0 Å². The second-order valence-electron chi connectivity index (χ2n) is 3.77. The lowest BCUT2D eigenvalue weighted by Crippen LogP contribution is -2.18. The molecule has 0 atom stereocenters. The van der Waals surface area contributed by atoms with Crippen LogP contribution in [0.25, 0.3) is 0 Å². The number of aromatic hydroxyl groups is 1. The van der Waals surface area contributed by atoms with E-state index < -0.39 is 0 Å². The summed E-state index contributed by atoms with van der Waals surface area (Å²) in [6, 6.07) is 5.05. The van der Waals surface area contributed by atoms with E-state index in [0.717, 1.165) is 24.1 Å². The second kappa shape index (κ2) is 1.87. The molecule has 0 radical (unpaired) electrons. The number of carbonyl (C=O) groups is 1. The molecular formula is C10H9NO2. The number of rotatable bonds is 0. The molecule has 1 aromatic carbocycles. The molecule has 2 N–H and O–H groups in total. The quantitative estimate of drug-likeness (QED) is 0.585. The van der Waals surface area contributed by atoms with Gasteiger partial charge in [0.1, 0.15) is 5.75 Å². The Morgan fingerprint density at radius 3 is 2.85 bits per heavy atom. The summed E-state index contributed by atoms with van der Waals surface area (Å²) in [5.41, 5.74) is 1.55. The van der Waals surface area contributed by atoms with E-state index in [1.165, 1.54) is 0 Å². The summed E-state index contributed by atoms with van der Waals surface area (Å²) in [4.78, 5) is 11.5. The third-order valence-electron chi connectivity index (χ3n) is 2.95. The van der Waals surface area contributed by atoms with Crippen molar-refractivity contribution in [3.05, 3.63) is 23.8 Å². The van der Waals surface area contributed by atoms with Crippen molar-refractivity contribution in [1.29, 1.82) is 0 Å². The predicted molar refractivity (Wildman–Crippen MR) is 47.6 cm³/mol. The number of amides is 1. The van der Waals surface area contributed by atoms with Crippen molar-refractivity contribution < 1.29 is 9.90 Å². The topological polar surface area (TPSA) is 49.3 Å². The normalized spacial score (nSPS) is 21.4. The van der Waals surface area contributed by atoms with Gasteiger partial charge in [0, 0.05) is 5.69 Å². The lowest BCUT2D eigenvalue weighted by Gasteiger charge is -2.03. The average molecular weight is 175 g/mol. The zero-order valence-corrected chi connectivity index (χ0v) is 7.00. The summed E-state index contributed by atoms with van der Waals surface area (Å²) in [6.45, 7) is 0. The average Bonchev–Trinajstić information content (AvgIpc) is 2.83. The Hall–Kier alpha value is -1.51. The lowest BCUT2D eigenvalue weighted by molar-refractivity contribution is -0.117. The molecule has 0 unspecified atom stereocenters.